The van der Waals surface area contributed by atoms with Crippen molar-refractivity contribution in [1.82, 2.24) is 0 Å². The summed E-state index contributed by atoms with van der Waals surface area (Å²) in [6, 6.07) is 10.4. The number of hydrogen-bond donors (Lipinski definition) is 2. The van der Waals surface area contributed by atoms with Crippen molar-refractivity contribution < 1.29 is 14.6 Å². The van der Waals surface area contributed by atoms with Gasteiger partial charge in [-0.25, -0.2) is 4.39 Å². The van der Waals surface area contributed by atoms with Gasteiger partial charge in [-0.15, -0.1) is 11.3 Å². The molecule has 108 valence electrons. The minimum atomic E-state index is -0.971. The van der Waals surface area contributed by atoms with Gasteiger partial charge in [-0.2, -0.15) is 0 Å². The molecular formula is C16H19FO2S. The molecule has 0 bridgehead atoms. The fourth-order valence-electron chi connectivity index (χ4n) is 2.36. The van der Waals surface area contributed by atoms with Gasteiger partial charge in [0.15, 0.2) is 0 Å². The van der Waals surface area contributed by atoms with Gasteiger partial charge in [0.05, 0.1) is 13.2 Å². The monoisotopic (exact) mass is 294 g/mol. The summed E-state index contributed by atoms with van der Waals surface area (Å²) in [6.45, 7) is 1.51. The third-order valence-corrected chi connectivity index (χ3v) is 4.86. The third-order valence-electron chi connectivity index (χ3n) is 3.63. The van der Waals surface area contributed by atoms with Crippen LogP contribution in [0.4, 0.5) is 4.39 Å². The Morgan fingerprint density at radius 2 is 1.70 bits per heavy atom. The summed E-state index contributed by atoms with van der Waals surface area (Å²) in [4.78, 5) is 2.30. The van der Waals surface area contributed by atoms with E-state index in [2.05, 4.69) is 6.92 Å². The molecule has 0 radical (unpaired) electrons. The first-order chi connectivity index (χ1) is 9.65. The lowest BCUT2D eigenvalue weighted by atomic mass is 9.78. The molecule has 0 aliphatic rings. The highest BCUT2D eigenvalue weighted by atomic mass is 32.1. The minimum absolute atomic E-state index is 0.288. The average Bonchev–Trinajstić information content (AvgIpc) is 2.93. The summed E-state index contributed by atoms with van der Waals surface area (Å²) < 4.78 is 14.0. The van der Waals surface area contributed by atoms with E-state index >= 15 is 0 Å². The Hall–Kier alpha value is -1.23. The van der Waals surface area contributed by atoms with E-state index in [-0.39, 0.29) is 19.0 Å². The highest BCUT2D eigenvalue weighted by Gasteiger charge is 2.34. The van der Waals surface area contributed by atoms with Gasteiger partial charge in [0, 0.05) is 15.2 Å². The van der Waals surface area contributed by atoms with Gasteiger partial charge >= 0.3 is 0 Å². The number of aliphatic hydroxyl groups is 2. The number of aliphatic hydroxyl groups excluding tert-OH is 2. The Kier molecular flexibility index (Phi) is 4.91. The van der Waals surface area contributed by atoms with Crippen molar-refractivity contribution >= 4 is 11.3 Å². The van der Waals surface area contributed by atoms with Crippen LogP contribution in [0.15, 0.2) is 36.4 Å². The summed E-state index contributed by atoms with van der Waals surface area (Å²) in [5.41, 5.74) is -0.599. The number of aryl methyl sites for hydroxylation is 1. The number of thiophene rings is 1. The van der Waals surface area contributed by atoms with E-state index in [9.17, 15) is 14.6 Å². The predicted octanol–water partition coefficient (Wildman–Crippen LogP) is 2.91. The van der Waals surface area contributed by atoms with Crippen LogP contribution in [-0.4, -0.2) is 23.4 Å². The summed E-state index contributed by atoms with van der Waals surface area (Å²) >= 11 is 1.65. The van der Waals surface area contributed by atoms with Crippen LogP contribution in [0.2, 0.25) is 0 Å². The van der Waals surface area contributed by atoms with E-state index in [1.165, 1.54) is 10.9 Å². The van der Waals surface area contributed by atoms with Gasteiger partial charge in [-0.1, -0.05) is 25.1 Å². The number of benzene rings is 1. The zero-order chi connectivity index (χ0) is 14.6. The molecule has 0 aliphatic heterocycles. The third kappa shape index (κ3) is 2.92. The van der Waals surface area contributed by atoms with E-state index in [0.717, 1.165) is 11.3 Å². The molecule has 0 atom stereocenters. The highest BCUT2D eigenvalue weighted by Crippen LogP contribution is 2.32. The van der Waals surface area contributed by atoms with Gasteiger partial charge < -0.3 is 10.2 Å². The van der Waals surface area contributed by atoms with Crippen LogP contribution >= 0.6 is 11.3 Å². The lowest BCUT2D eigenvalue weighted by Gasteiger charge is -2.30. The van der Waals surface area contributed by atoms with Crippen molar-refractivity contribution in [3.05, 3.63) is 57.5 Å². The van der Waals surface area contributed by atoms with Crippen LogP contribution in [0.5, 0.6) is 0 Å². The summed E-state index contributed by atoms with van der Waals surface area (Å²) in [7, 11) is 0. The first-order valence-corrected chi connectivity index (χ1v) is 7.51. The Bertz CT molecular complexity index is 561. The van der Waals surface area contributed by atoms with Crippen molar-refractivity contribution in [1.29, 1.82) is 0 Å². The maximum Gasteiger partial charge on any atom is 0.127 e. The molecule has 2 aromatic rings. The Morgan fingerprint density at radius 1 is 1.05 bits per heavy atom. The molecule has 0 unspecified atom stereocenters. The summed E-state index contributed by atoms with van der Waals surface area (Å²) in [5, 5.41) is 19.5. The maximum atomic E-state index is 14.0. The molecule has 1 heterocycles. The zero-order valence-electron chi connectivity index (χ0n) is 11.5. The molecule has 2 nitrogen and oxygen atoms in total. The summed E-state index contributed by atoms with van der Waals surface area (Å²) in [6.07, 6.45) is 1.39. The Labute approximate surface area is 122 Å². The van der Waals surface area contributed by atoms with Crippen LogP contribution in [0.3, 0.4) is 0 Å². The van der Waals surface area contributed by atoms with E-state index in [1.54, 1.807) is 29.5 Å². The maximum absolute atomic E-state index is 14.0. The van der Waals surface area contributed by atoms with Crippen LogP contribution < -0.4 is 0 Å². The van der Waals surface area contributed by atoms with Crippen LogP contribution in [-0.2, 0) is 18.3 Å². The van der Waals surface area contributed by atoms with Gasteiger partial charge in [-0.3, -0.25) is 0 Å². The molecular weight excluding hydrogens is 275 g/mol. The quantitative estimate of drug-likeness (QED) is 0.860. The standard InChI is InChI=1S/C16H19FO2S/c1-2-12-7-8-13(20-12)9-16(10-18,11-19)14-5-3-4-6-15(14)17/h3-8,18-19H,2,9-11H2,1H3. The summed E-state index contributed by atoms with van der Waals surface area (Å²) in [5.74, 6) is -0.386. The second-order valence-electron chi connectivity index (χ2n) is 4.97. The van der Waals surface area contributed by atoms with E-state index in [1.807, 2.05) is 12.1 Å². The first-order valence-electron chi connectivity index (χ1n) is 6.69. The minimum Gasteiger partial charge on any atom is -0.395 e. The molecule has 2 rings (SSSR count). The molecule has 0 saturated heterocycles. The molecule has 2 N–H and O–H groups in total. The van der Waals surface area contributed by atoms with Crippen LogP contribution in [0, 0.1) is 5.82 Å². The lowest BCUT2D eigenvalue weighted by Crippen LogP contribution is -2.38. The SMILES string of the molecule is CCc1ccc(CC(CO)(CO)c2ccccc2F)s1. The van der Waals surface area contributed by atoms with E-state index < -0.39 is 5.41 Å². The van der Waals surface area contributed by atoms with Crippen molar-refractivity contribution in [2.24, 2.45) is 0 Å². The second-order valence-corrected chi connectivity index (χ2v) is 6.23. The number of halogens is 1. The molecule has 0 fully saturated rings. The van der Waals surface area contributed by atoms with Crippen molar-refractivity contribution in [2.45, 2.75) is 25.2 Å². The lowest BCUT2D eigenvalue weighted by molar-refractivity contribution is 0.114. The van der Waals surface area contributed by atoms with Gasteiger partial charge in [0.1, 0.15) is 5.82 Å². The molecule has 0 amide bonds. The topological polar surface area (TPSA) is 40.5 Å². The fraction of sp³-hybridized carbons (Fsp3) is 0.375. The van der Waals surface area contributed by atoms with Crippen LogP contribution in [0.1, 0.15) is 22.2 Å². The normalized spacial score (nSPS) is 11.8. The molecule has 0 saturated carbocycles. The molecule has 20 heavy (non-hydrogen) atoms. The Morgan fingerprint density at radius 3 is 2.25 bits per heavy atom. The molecule has 4 heteroatoms. The van der Waals surface area contributed by atoms with Gasteiger partial charge in [0.2, 0.25) is 0 Å². The second kappa shape index (κ2) is 6.48. The van der Waals surface area contributed by atoms with Crippen LogP contribution in [0.25, 0.3) is 0 Å². The smallest absolute Gasteiger partial charge is 0.127 e. The number of rotatable bonds is 6. The fourth-order valence-corrected chi connectivity index (χ4v) is 3.46. The molecule has 0 spiro atoms. The molecule has 1 aromatic heterocycles. The van der Waals surface area contributed by atoms with Gasteiger partial charge in [-0.05, 0) is 36.6 Å². The van der Waals surface area contributed by atoms with E-state index in [4.69, 9.17) is 0 Å². The van der Waals surface area contributed by atoms with E-state index in [0.29, 0.717) is 12.0 Å². The predicted molar refractivity (Wildman–Crippen MR) is 79.7 cm³/mol. The van der Waals surface area contributed by atoms with Crippen molar-refractivity contribution in [3.63, 3.8) is 0 Å². The molecule has 0 aliphatic carbocycles. The van der Waals surface area contributed by atoms with Gasteiger partial charge in [0.25, 0.3) is 0 Å². The number of hydrogen-bond acceptors (Lipinski definition) is 3. The zero-order valence-corrected chi connectivity index (χ0v) is 12.3. The van der Waals surface area contributed by atoms with Crippen molar-refractivity contribution in [3.8, 4) is 0 Å². The average molecular weight is 294 g/mol. The highest BCUT2D eigenvalue weighted by molar-refractivity contribution is 7.12. The molecule has 1 aromatic carbocycles. The Balaban J connectivity index is 2.37. The first kappa shape index (κ1) is 15.2. The van der Waals surface area contributed by atoms with Crippen molar-refractivity contribution in [2.75, 3.05) is 13.2 Å². The largest absolute Gasteiger partial charge is 0.395 e.